The van der Waals surface area contributed by atoms with E-state index in [1.165, 1.54) is 6.26 Å². The highest BCUT2D eigenvalue weighted by molar-refractivity contribution is 7.88. The van der Waals surface area contributed by atoms with Crippen LogP contribution in [-0.4, -0.2) is 44.2 Å². The molecule has 0 aromatic rings. The molecule has 0 aromatic carbocycles. The molecule has 1 rings (SSSR count). The van der Waals surface area contributed by atoms with Crippen molar-refractivity contribution in [2.45, 2.75) is 39.3 Å². The highest BCUT2D eigenvalue weighted by Gasteiger charge is 2.32. The molecule has 2 unspecified atom stereocenters. The number of hydrogen-bond acceptors (Lipinski definition) is 3. The van der Waals surface area contributed by atoms with Gasteiger partial charge in [-0.05, 0) is 19.3 Å². The minimum absolute atomic E-state index is 0.121. The fraction of sp³-hybridized carbons (Fsp3) is 1.00. The van der Waals surface area contributed by atoms with Gasteiger partial charge in [-0.1, -0.05) is 13.8 Å². The Morgan fingerprint density at radius 2 is 2.07 bits per heavy atom. The predicted molar refractivity (Wildman–Crippen MR) is 62.3 cm³/mol. The summed E-state index contributed by atoms with van der Waals surface area (Å²) in [5, 5.41) is 3.33. The van der Waals surface area contributed by atoms with E-state index in [-0.39, 0.29) is 12.1 Å². The predicted octanol–water partition coefficient (Wildman–Crippen LogP) is 0.654. The van der Waals surface area contributed by atoms with Gasteiger partial charge in [0.25, 0.3) is 0 Å². The lowest BCUT2D eigenvalue weighted by Crippen LogP contribution is -2.57. The van der Waals surface area contributed by atoms with E-state index in [2.05, 4.69) is 19.2 Å². The summed E-state index contributed by atoms with van der Waals surface area (Å²) in [4.78, 5) is 0. The van der Waals surface area contributed by atoms with Crippen molar-refractivity contribution in [1.82, 2.24) is 9.62 Å². The molecule has 90 valence electrons. The van der Waals surface area contributed by atoms with Crippen molar-refractivity contribution in [2.75, 3.05) is 19.3 Å². The molecule has 0 saturated carbocycles. The Hall–Kier alpha value is -0.130. The van der Waals surface area contributed by atoms with Crippen LogP contribution in [0.3, 0.4) is 0 Å². The van der Waals surface area contributed by atoms with Crippen LogP contribution < -0.4 is 5.32 Å². The monoisotopic (exact) mass is 234 g/mol. The molecule has 0 aliphatic carbocycles. The van der Waals surface area contributed by atoms with Crippen LogP contribution in [0.1, 0.15) is 27.2 Å². The van der Waals surface area contributed by atoms with E-state index < -0.39 is 10.0 Å². The van der Waals surface area contributed by atoms with E-state index in [0.29, 0.717) is 12.5 Å². The minimum atomic E-state index is -3.06. The molecule has 15 heavy (non-hydrogen) atoms. The number of nitrogens with one attached hydrogen (secondary N) is 1. The first-order chi connectivity index (χ1) is 6.80. The summed E-state index contributed by atoms with van der Waals surface area (Å²) in [6.45, 7) is 7.63. The summed E-state index contributed by atoms with van der Waals surface area (Å²) < 4.78 is 24.9. The lowest BCUT2D eigenvalue weighted by Gasteiger charge is -2.38. The van der Waals surface area contributed by atoms with Gasteiger partial charge in [0.05, 0.1) is 6.26 Å². The summed E-state index contributed by atoms with van der Waals surface area (Å²) in [5.74, 6) is 0.523. The van der Waals surface area contributed by atoms with Gasteiger partial charge in [-0.15, -0.1) is 0 Å². The quantitative estimate of drug-likeness (QED) is 0.780. The molecule has 1 saturated heterocycles. The SMILES string of the molecule is CC(C)CC1CNC(C)CN1S(C)(=O)=O. The largest absolute Gasteiger partial charge is 0.311 e. The summed E-state index contributed by atoms with van der Waals surface area (Å²) in [6, 6.07) is 0.374. The van der Waals surface area contributed by atoms with Crippen LogP contribution in [0.15, 0.2) is 0 Å². The maximum Gasteiger partial charge on any atom is 0.211 e. The van der Waals surface area contributed by atoms with Crippen molar-refractivity contribution in [1.29, 1.82) is 0 Å². The molecule has 0 amide bonds. The Bertz CT molecular complexity index is 301. The van der Waals surface area contributed by atoms with Gasteiger partial charge < -0.3 is 5.32 Å². The van der Waals surface area contributed by atoms with Gasteiger partial charge in [0.2, 0.25) is 10.0 Å². The standard InChI is InChI=1S/C10H22N2O2S/c1-8(2)5-10-6-11-9(3)7-12(10)15(4,13)14/h8-11H,5-7H2,1-4H3. The van der Waals surface area contributed by atoms with Gasteiger partial charge in [-0.25, -0.2) is 8.42 Å². The molecule has 1 heterocycles. The average Bonchev–Trinajstić information content (AvgIpc) is 2.05. The minimum Gasteiger partial charge on any atom is -0.311 e. The molecule has 0 spiro atoms. The van der Waals surface area contributed by atoms with Crippen LogP contribution in [-0.2, 0) is 10.0 Å². The third-order valence-corrected chi connectivity index (χ3v) is 4.03. The molecule has 4 nitrogen and oxygen atoms in total. The zero-order valence-electron chi connectivity index (χ0n) is 10.0. The first-order valence-electron chi connectivity index (χ1n) is 5.51. The van der Waals surface area contributed by atoms with Crippen molar-refractivity contribution >= 4 is 10.0 Å². The Labute approximate surface area is 93.1 Å². The highest BCUT2D eigenvalue weighted by atomic mass is 32.2. The van der Waals surface area contributed by atoms with Crippen LogP contribution in [0.25, 0.3) is 0 Å². The molecular formula is C10H22N2O2S. The van der Waals surface area contributed by atoms with Crippen LogP contribution in [0.4, 0.5) is 0 Å². The number of nitrogens with zero attached hydrogens (tertiary/aromatic N) is 1. The molecular weight excluding hydrogens is 212 g/mol. The lowest BCUT2D eigenvalue weighted by atomic mass is 10.0. The van der Waals surface area contributed by atoms with Crippen molar-refractivity contribution in [3.05, 3.63) is 0 Å². The van der Waals surface area contributed by atoms with Crippen molar-refractivity contribution in [3.63, 3.8) is 0 Å². The van der Waals surface area contributed by atoms with Gasteiger partial charge in [0, 0.05) is 25.2 Å². The molecule has 2 atom stereocenters. The molecule has 1 aliphatic heterocycles. The first-order valence-corrected chi connectivity index (χ1v) is 7.35. The highest BCUT2D eigenvalue weighted by Crippen LogP contribution is 2.17. The maximum atomic E-state index is 11.6. The van der Waals surface area contributed by atoms with Gasteiger partial charge in [0.15, 0.2) is 0 Å². The smallest absolute Gasteiger partial charge is 0.211 e. The zero-order valence-corrected chi connectivity index (χ0v) is 10.8. The second-order valence-electron chi connectivity index (χ2n) is 4.93. The van der Waals surface area contributed by atoms with Crippen molar-refractivity contribution in [3.8, 4) is 0 Å². The zero-order chi connectivity index (χ0) is 11.6. The number of sulfonamides is 1. The van der Waals surface area contributed by atoms with Crippen LogP contribution in [0.2, 0.25) is 0 Å². The van der Waals surface area contributed by atoms with Gasteiger partial charge in [-0.2, -0.15) is 4.31 Å². The number of piperazine rings is 1. The Morgan fingerprint density at radius 1 is 1.47 bits per heavy atom. The van der Waals surface area contributed by atoms with E-state index in [9.17, 15) is 8.42 Å². The number of hydrogen-bond donors (Lipinski definition) is 1. The molecule has 1 aliphatic rings. The molecule has 5 heteroatoms. The summed E-state index contributed by atoms with van der Waals surface area (Å²) in [6.07, 6.45) is 2.23. The second-order valence-corrected chi connectivity index (χ2v) is 6.86. The maximum absolute atomic E-state index is 11.6. The van der Waals surface area contributed by atoms with E-state index >= 15 is 0 Å². The van der Waals surface area contributed by atoms with Gasteiger partial charge in [-0.3, -0.25) is 0 Å². The van der Waals surface area contributed by atoms with E-state index in [1.54, 1.807) is 4.31 Å². The fourth-order valence-corrected chi connectivity index (χ4v) is 3.27. The number of rotatable bonds is 3. The average molecular weight is 234 g/mol. The second kappa shape index (κ2) is 4.80. The topological polar surface area (TPSA) is 49.4 Å². The van der Waals surface area contributed by atoms with E-state index in [0.717, 1.165) is 13.0 Å². The van der Waals surface area contributed by atoms with E-state index in [4.69, 9.17) is 0 Å². The Kier molecular flexibility index (Phi) is 4.14. The molecule has 1 fully saturated rings. The first kappa shape index (κ1) is 12.9. The fourth-order valence-electron chi connectivity index (χ4n) is 2.07. The van der Waals surface area contributed by atoms with Crippen LogP contribution in [0.5, 0.6) is 0 Å². The van der Waals surface area contributed by atoms with E-state index in [1.807, 2.05) is 6.92 Å². The van der Waals surface area contributed by atoms with Crippen molar-refractivity contribution in [2.24, 2.45) is 5.92 Å². The lowest BCUT2D eigenvalue weighted by molar-refractivity contribution is 0.208. The molecule has 0 aromatic heterocycles. The Balaban J connectivity index is 2.76. The Morgan fingerprint density at radius 3 is 2.53 bits per heavy atom. The van der Waals surface area contributed by atoms with Crippen LogP contribution in [0, 0.1) is 5.92 Å². The van der Waals surface area contributed by atoms with Gasteiger partial charge in [0.1, 0.15) is 0 Å². The third-order valence-electron chi connectivity index (χ3n) is 2.73. The third kappa shape index (κ3) is 3.74. The van der Waals surface area contributed by atoms with Crippen molar-refractivity contribution < 1.29 is 8.42 Å². The summed E-state index contributed by atoms with van der Waals surface area (Å²) in [5.41, 5.74) is 0. The van der Waals surface area contributed by atoms with Crippen LogP contribution >= 0.6 is 0 Å². The van der Waals surface area contributed by atoms with Gasteiger partial charge >= 0.3 is 0 Å². The summed E-state index contributed by atoms with van der Waals surface area (Å²) in [7, 11) is -3.06. The molecule has 0 bridgehead atoms. The summed E-state index contributed by atoms with van der Waals surface area (Å²) >= 11 is 0. The molecule has 0 radical (unpaired) electrons. The molecule has 1 N–H and O–H groups in total. The normalized spacial score (nSPS) is 29.7.